The highest BCUT2D eigenvalue weighted by Crippen LogP contribution is 2.13. The number of nitrogens with one attached hydrogen (secondary N) is 1. The van der Waals surface area contributed by atoms with E-state index in [9.17, 15) is 14.4 Å². The van der Waals surface area contributed by atoms with E-state index in [0.717, 1.165) is 5.52 Å². The number of amides is 1. The third-order valence-electron chi connectivity index (χ3n) is 3.23. The molecule has 1 N–H and O–H groups in total. The van der Waals surface area contributed by atoms with Gasteiger partial charge in [-0.3, -0.25) is 9.78 Å². The number of nitriles is 1. The quantitative estimate of drug-likeness (QED) is 0.593. The summed E-state index contributed by atoms with van der Waals surface area (Å²) in [5, 5.41) is 11.7. The van der Waals surface area contributed by atoms with Gasteiger partial charge in [-0.05, 0) is 42.5 Å². The molecular formula is C18H11FN4O. The Morgan fingerprint density at radius 1 is 1.12 bits per heavy atom. The van der Waals surface area contributed by atoms with Crippen molar-refractivity contribution in [2.24, 2.45) is 0 Å². The van der Waals surface area contributed by atoms with Gasteiger partial charge in [0.05, 0.1) is 22.9 Å². The van der Waals surface area contributed by atoms with Crippen LogP contribution in [0.25, 0.3) is 17.1 Å². The van der Waals surface area contributed by atoms with Crippen LogP contribution in [0.4, 0.5) is 10.1 Å². The molecule has 1 aromatic heterocycles. The molecule has 0 bridgehead atoms. The number of hydrogen-bond acceptors (Lipinski definition) is 4. The summed E-state index contributed by atoms with van der Waals surface area (Å²) in [6.07, 6.45) is 2.85. The highest BCUT2D eigenvalue weighted by molar-refractivity contribution is 6.09. The first-order chi connectivity index (χ1) is 11.7. The third-order valence-corrected chi connectivity index (χ3v) is 3.23. The Morgan fingerprint density at radius 3 is 2.54 bits per heavy atom. The highest BCUT2D eigenvalue weighted by Gasteiger charge is 2.10. The number of para-hydroxylation sites is 2. The second-order valence-corrected chi connectivity index (χ2v) is 4.91. The molecule has 1 heterocycles. The predicted molar refractivity (Wildman–Crippen MR) is 88.2 cm³/mol. The van der Waals surface area contributed by atoms with Gasteiger partial charge in [-0.15, -0.1) is 0 Å². The highest BCUT2D eigenvalue weighted by atomic mass is 19.1. The molecule has 0 fully saturated rings. The van der Waals surface area contributed by atoms with E-state index in [4.69, 9.17) is 0 Å². The van der Waals surface area contributed by atoms with Crippen molar-refractivity contribution in [1.82, 2.24) is 9.97 Å². The largest absolute Gasteiger partial charge is 0.321 e. The summed E-state index contributed by atoms with van der Waals surface area (Å²) in [4.78, 5) is 20.7. The molecule has 6 heteroatoms. The molecule has 0 radical (unpaired) electrons. The summed E-state index contributed by atoms with van der Waals surface area (Å²) in [5.74, 6) is -1.01. The van der Waals surface area contributed by atoms with Crippen molar-refractivity contribution in [3.63, 3.8) is 0 Å². The van der Waals surface area contributed by atoms with Gasteiger partial charge >= 0.3 is 0 Å². The predicted octanol–water partition coefficient (Wildman–Crippen LogP) is 3.31. The van der Waals surface area contributed by atoms with E-state index in [-0.39, 0.29) is 5.57 Å². The minimum atomic E-state index is -0.598. The van der Waals surface area contributed by atoms with E-state index in [2.05, 4.69) is 15.3 Å². The fraction of sp³-hybridized carbons (Fsp3) is 0. The van der Waals surface area contributed by atoms with Gasteiger partial charge in [0, 0.05) is 5.69 Å². The number of hydrogen-bond donors (Lipinski definition) is 1. The van der Waals surface area contributed by atoms with Gasteiger partial charge in [0.25, 0.3) is 5.91 Å². The number of rotatable bonds is 3. The Labute approximate surface area is 137 Å². The number of aromatic nitrogens is 2. The summed E-state index contributed by atoms with van der Waals surface area (Å²) >= 11 is 0. The molecule has 116 valence electrons. The lowest BCUT2D eigenvalue weighted by atomic mass is 10.2. The van der Waals surface area contributed by atoms with E-state index < -0.39 is 11.7 Å². The Balaban J connectivity index is 1.86. The van der Waals surface area contributed by atoms with Crippen LogP contribution in [-0.2, 0) is 4.79 Å². The van der Waals surface area contributed by atoms with Gasteiger partial charge in [-0.25, -0.2) is 9.37 Å². The van der Waals surface area contributed by atoms with E-state index >= 15 is 0 Å². The molecule has 0 saturated heterocycles. The normalized spacial score (nSPS) is 11.1. The van der Waals surface area contributed by atoms with Gasteiger partial charge < -0.3 is 5.32 Å². The van der Waals surface area contributed by atoms with Crippen LogP contribution in [0.2, 0.25) is 0 Å². The maximum Gasteiger partial charge on any atom is 0.266 e. The summed E-state index contributed by atoms with van der Waals surface area (Å²) in [6, 6.07) is 14.4. The van der Waals surface area contributed by atoms with Gasteiger partial charge in [-0.2, -0.15) is 5.26 Å². The maximum atomic E-state index is 12.9. The summed E-state index contributed by atoms with van der Waals surface area (Å²) in [7, 11) is 0. The van der Waals surface area contributed by atoms with Crippen LogP contribution >= 0.6 is 0 Å². The first-order valence-electron chi connectivity index (χ1n) is 7.06. The van der Waals surface area contributed by atoms with Crippen LogP contribution in [-0.4, -0.2) is 15.9 Å². The Hall–Kier alpha value is -3.59. The van der Waals surface area contributed by atoms with Crippen molar-refractivity contribution < 1.29 is 9.18 Å². The van der Waals surface area contributed by atoms with Crippen LogP contribution in [0.5, 0.6) is 0 Å². The standard InChI is InChI=1S/C18H11FN4O/c19-13-5-7-14(8-6-13)23-18(24)12(10-20)9-15-11-21-16-3-1-2-4-17(16)22-15/h1-9,11H,(H,23,24)/b12-9+. The van der Waals surface area contributed by atoms with Gasteiger partial charge in [-0.1, -0.05) is 12.1 Å². The Kier molecular flexibility index (Phi) is 4.25. The second kappa shape index (κ2) is 6.67. The zero-order chi connectivity index (χ0) is 16.9. The molecule has 0 atom stereocenters. The molecule has 0 unspecified atom stereocenters. The lowest BCUT2D eigenvalue weighted by Crippen LogP contribution is -2.13. The molecule has 0 aliphatic heterocycles. The van der Waals surface area contributed by atoms with Crippen molar-refractivity contribution in [2.45, 2.75) is 0 Å². The molecule has 2 aromatic carbocycles. The molecule has 0 saturated carbocycles. The Morgan fingerprint density at radius 2 is 1.83 bits per heavy atom. The summed E-state index contributed by atoms with van der Waals surface area (Å²) in [5.41, 5.74) is 2.07. The fourth-order valence-corrected chi connectivity index (χ4v) is 2.07. The van der Waals surface area contributed by atoms with E-state index in [1.54, 1.807) is 6.07 Å². The molecule has 3 aromatic rings. The van der Waals surface area contributed by atoms with Crippen LogP contribution in [0.15, 0.2) is 60.3 Å². The lowest BCUT2D eigenvalue weighted by molar-refractivity contribution is -0.112. The van der Waals surface area contributed by atoms with E-state index in [1.165, 1.54) is 36.5 Å². The number of carbonyl (C=O) groups excluding carboxylic acids is 1. The molecule has 0 aliphatic rings. The van der Waals surface area contributed by atoms with Crippen molar-refractivity contribution >= 4 is 28.7 Å². The third kappa shape index (κ3) is 3.42. The van der Waals surface area contributed by atoms with Gasteiger partial charge in [0.2, 0.25) is 0 Å². The van der Waals surface area contributed by atoms with Crippen molar-refractivity contribution in [3.05, 3.63) is 71.8 Å². The number of fused-ring (bicyclic) bond motifs is 1. The maximum absolute atomic E-state index is 12.9. The molecule has 1 amide bonds. The number of benzene rings is 2. The van der Waals surface area contributed by atoms with E-state index in [1.807, 2.05) is 24.3 Å². The molecule has 3 rings (SSSR count). The Bertz CT molecular complexity index is 974. The monoisotopic (exact) mass is 318 g/mol. The zero-order valence-electron chi connectivity index (χ0n) is 12.4. The summed E-state index contributed by atoms with van der Waals surface area (Å²) < 4.78 is 12.9. The molecule has 24 heavy (non-hydrogen) atoms. The average Bonchev–Trinajstić information content (AvgIpc) is 2.61. The van der Waals surface area contributed by atoms with Gasteiger partial charge in [0.1, 0.15) is 17.5 Å². The smallest absolute Gasteiger partial charge is 0.266 e. The van der Waals surface area contributed by atoms with Crippen molar-refractivity contribution in [3.8, 4) is 6.07 Å². The average molecular weight is 318 g/mol. The topological polar surface area (TPSA) is 78.7 Å². The SMILES string of the molecule is N#C/C(=C\c1cnc2ccccc2n1)C(=O)Nc1ccc(F)cc1. The van der Waals surface area contributed by atoms with Crippen LogP contribution in [0.3, 0.4) is 0 Å². The first-order valence-corrected chi connectivity index (χ1v) is 7.06. The van der Waals surface area contributed by atoms with Crippen molar-refractivity contribution in [2.75, 3.05) is 5.32 Å². The van der Waals surface area contributed by atoms with Crippen LogP contribution in [0, 0.1) is 17.1 Å². The summed E-state index contributed by atoms with van der Waals surface area (Å²) in [6.45, 7) is 0. The minimum absolute atomic E-state index is 0.121. The molecular weight excluding hydrogens is 307 g/mol. The lowest BCUT2D eigenvalue weighted by Gasteiger charge is -2.04. The zero-order valence-corrected chi connectivity index (χ0v) is 12.4. The molecule has 0 spiro atoms. The number of nitrogens with zero attached hydrogens (tertiary/aromatic N) is 3. The van der Waals surface area contributed by atoms with Crippen molar-refractivity contribution in [1.29, 1.82) is 5.26 Å². The van der Waals surface area contributed by atoms with Gasteiger partial charge in [0.15, 0.2) is 0 Å². The molecule has 0 aliphatic carbocycles. The van der Waals surface area contributed by atoms with Crippen LogP contribution in [0.1, 0.15) is 5.69 Å². The van der Waals surface area contributed by atoms with Crippen LogP contribution < -0.4 is 5.32 Å². The number of carbonyl (C=O) groups is 1. The number of halogens is 1. The first kappa shape index (κ1) is 15.3. The fourth-order valence-electron chi connectivity index (χ4n) is 2.07. The minimum Gasteiger partial charge on any atom is -0.321 e. The number of anilines is 1. The molecule has 5 nitrogen and oxygen atoms in total. The second-order valence-electron chi connectivity index (χ2n) is 4.91. The van der Waals surface area contributed by atoms with E-state index in [0.29, 0.717) is 16.9 Å².